The molecule has 1 aromatic carbocycles. The van der Waals surface area contributed by atoms with Gasteiger partial charge in [0.15, 0.2) is 0 Å². The molecule has 1 unspecified atom stereocenters. The van der Waals surface area contributed by atoms with Crippen LogP contribution in [0, 0.1) is 0 Å². The summed E-state index contributed by atoms with van der Waals surface area (Å²) in [7, 11) is 0. The van der Waals surface area contributed by atoms with E-state index in [1.807, 2.05) is 6.20 Å². The van der Waals surface area contributed by atoms with Crippen molar-refractivity contribution in [1.29, 1.82) is 0 Å². The zero-order chi connectivity index (χ0) is 13.4. The minimum absolute atomic E-state index is 0.543. The number of benzene rings is 1. The van der Waals surface area contributed by atoms with Gasteiger partial charge in [-0.25, -0.2) is 9.50 Å². The number of anilines is 1. The maximum Gasteiger partial charge on any atom is 0.214 e. The molecule has 0 aliphatic carbocycles. The predicted molar refractivity (Wildman–Crippen MR) is 79.4 cm³/mol. The van der Waals surface area contributed by atoms with Crippen molar-refractivity contribution in [3.63, 3.8) is 0 Å². The van der Waals surface area contributed by atoms with Crippen molar-refractivity contribution in [1.82, 2.24) is 14.6 Å². The zero-order valence-corrected chi connectivity index (χ0v) is 11.8. The van der Waals surface area contributed by atoms with Crippen molar-refractivity contribution in [2.45, 2.75) is 26.2 Å². The second kappa shape index (κ2) is 4.66. The Labute approximate surface area is 115 Å². The number of nitrogens with zero attached hydrogens (tertiary/aromatic N) is 3. The Balaban J connectivity index is 1.94. The van der Waals surface area contributed by atoms with E-state index < -0.39 is 0 Å². The summed E-state index contributed by atoms with van der Waals surface area (Å²) in [5.74, 6) is 0.598. The van der Waals surface area contributed by atoms with Crippen LogP contribution >= 0.6 is 11.3 Å². The van der Waals surface area contributed by atoms with Gasteiger partial charge in [0.2, 0.25) is 10.1 Å². The number of hydrogen-bond acceptors (Lipinski definition) is 4. The highest BCUT2D eigenvalue weighted by Gasteiger charge is 2.09. The van der Waals surface area contributed by atoms with Gasteiger partial charge in [-0.2, -0.15) is 0 Å². The zero-order valence-electron chi connectivity index (χ0n) is 11.0. The van der Waals surface area contributed by atoms with Gasteiger partial charge < -0.3 is 5.73 Å². The van der Waals surface area contributed by atoms with Gasteiger partial charge in [0.05, 0.1) is 11.9 Å². The molecule has 3 rings (SSSR count). The Morgan fingerprint density at radius 1 is 1.32 bits per heavy atom. The molecule has 0 spiro atoms. The van der Waals surface area contributed by atoms with Gasteiger partial charge in [-0.15, -0.1) is 5.10 Å². The standard InChI is InChI=1S/C14H16N4S/c1-3-9(2)10-4-6-11(7-5-10)12-8-18-14(16-12)19-13(15)17-18/h4-9H,3H2,1-2H3,(H2,15,17). The largest absolute Gasteiger partial charge is 0.374 e. The molecule has 0 radical (unpaired) electrons. The smallest absolute Gasteiger partial charge is 0.214 e. The van der Waals surface area contributed by atoms with Crippen LogP contribution < -0.4 is 5.73 Å². The van der Waals surface area contributed by atoms with E-state index in [-0.39, 0.29) is 0 Å². The van der Waals surface area contributed by atoms with Crippen LogP contribution in [0.4, 0.5) is 5.13 Å². The summed E-state index contributed by atoms with van der Waals surface area (Å²) >= 11 is 1.40. The Hall–Kier alpha value is -1.88. The van der Waals surface area contributed by atoms with E-state index in [4.69, 9.17) is 5.73 Å². The molecule has 0 aliphatic rings. The molecule has 0 saturated heterocycles. The molecule has 4 nitrogen and oxygen atoms in total. The summed E-state index contributed by atoms with van der Waals surface area (Å²) in [6, 6.07) is 8.60. The number of hydrogen-bond donors (Lipinski definition) is 1. The summed E-state index contributed by atoms with van der Waals surface area (Å²) < 4.78 is 1.73. The van der Waals surface area contributed by atoms with E-state index in [9.17, 15) is 0 Å². The molecule has 2 aromatic heterocycles. The van der Waals surface area contributed by atoms with Gasteiger partial charge in [0, 0.05) is 5.56 Å². The molecular weight excluding hydrogens is 256 g/mol. The molecule has 19 heavy (non-hydrogen) atoms. The van der Waals surface area contributed by atoms with Crippen LogP contribution in [-0.2, 0) is 0 Å². The molecular formula is C14H16N4S. The van der Waals surface area contributed by atoms with Crippen LogP contribution in [0.25, 0.3) is 16.2 Å². The second-order valence-corrected chi connectivity index (χ2v) is 5.71. The van der Waals surface area contributed by atoms with Crippen molar-refractivity contribution < 1.29 is 0 Å². The summed E-state index contributed by atoms with van der Waals surface area (Å²) in [6.45, 7) is 4.45. The fourth-order valence-corrected chi connectivity index (χ4v) is 2.72. The Morgan fingerprint density at radius 2 is 2.05 bits per heavy atom. The van der Waals surface area contributed by atoms with Crippen LogP contribution in [0.3, 0.4) is 0 Å². The van der Waals surface area contributed by atoms with E-state index in [0.29, 0.717) is 11.0 Å². The van der Waals surface area contributed by atoms with Gasteiger partial charge in [-0.05, 0) is 17.9 Å². The number of nitrogen functional groups attached to an aromatic ring is 1. The molecule has 0 amide bonds. The van der Waals surface area contributed by atoms with Crippen molar-refractivity contribution in [2.75, 3.05) is 5.73 Å². The highest BCUT2D eigenvalue weighted by molar-refractivity contribution is 7.20. The van der Waals surface area contributed by atoms with Crippen LogP contribution in [0.5, 0.6) is 0 Å². The molecule has 5 heteroatoms. The average molecular weight is 272 g/mol. The van der Waals surface area contributed by atoms with Crippen LogP contribution in [0.1, 0.15) is 31.7 Å². The molecule has 2 N–H and O–H groups in total. The molecule has 0 bridgehead atoms. The minimum atomic E-state index is 0.543. The van der Waals surface area contributed by atoms with E-state index in [2.05, 4.69) is 48.2 Å². The first-order chi connectivity index (χ1) is 9.17. The number of fused-ring (bicyclic) bond motifs is 1. The third-order valence-electron chi connectivity index (χ3n) is 3.45. The van der Waals surface area contributed by atoms with Gasteiger partial charge in [0.1, 0.15) is 0 Å². The molecule has 0 aliphatic heterocycles. The lowest BCUT2D eigenvalue weighted by molar-refractivity contribution is 0.734. The van der Waals surface area contributed by atoms with E-state index in [1.165, 1.54) is 16.9 Å². The SMILES string of the molecule is CCC(C)c1ccc(-c2cn3nc(N)sc3n2)cc1. The van der Waals surface area contributed by atoms with Crippen molar-refractivity contribution >= 4 is 21.4 Å². The van der Waals surface area contributed by atoms with Crippen LogP contribution in [0.15, 0.2) is 30.5 Å². The summed E-state index contributed by atoms with van der Waals surface area (Å²) in [6.07, 6.45) is 3.07. The molecule has 1 atom stereocenters. The van der Waals surface area contributed by atoms with Gasteiger partial charge in [-0.3, -0.25) is 0 Å². The monoisotopic (exact) mass is 272 g/mol. The fraction of sp³-hybridized carbons (Fsp3) is 0.286. The molecule has 2 heterocycles. The number of aromatic nitrogens is 3. The summed E-state index contributed by atoms with van der Waals surface area (Å²) in [5.41, 5.74) is 9.06. The van der Waals surface area contributed by atoms with Crippen molar-refractivity contribution in [3.05, 3.63) is 36.0 Å². The van der Waals surface area contributed by atoms with Gasteiger partial charge >= 0.3 is 0 Å². The van der Waals surface area contributed by atoms with Crippen molar-refractivity contribution in [3.8, 4) is 11.3 Å². The maximum absolute atomic E-state index is 5.64. The predicted octanol–water partition coefficient (Wildman–Crippen LogP) is 3.55. The Bertz CT molecular complexity index is 664. The lowest BCUT2D eigenvalue weighted by Gasteiger charge is -2.08. The first kappa shape index (κ1) is 12.2. The third kappa shape index (κ3) is 2.21. The molecule has 98 valence electrons. The molecule has 3 aromatic rings. The first-order valence-electron chi connectivity index (χ1n) is 6.39. The first-order valence-corrected chi connectivity index (χ1v) is 7.21. The number of nitrogens with two attached hydrogens (primary N) is 1. The number of rotatable bonds is 3. The van der Waals surface area contributed by atoms with Crippen molar-refractivity contribution in [2.24, 2.45) is 0 Å². The van der Waals surface area contributed by atoms with E-state index >= 15 is 0 Å². The molecule has 0 fully saturated rings. The van der Waals surface area contributed by atoms with Crippen LogP contribution in [0.2, 0.25) is 0 Å². The highest BCUT2D eigenvalue weighted by Crippen LogP contribution is 2.25. The van der Waals surface area contributed by atoms with Crippen LogP contribution in [-0.4, -0.2) is 14.6 Å². The van der Waals surface area contributed by atoms with E-state index in [1.54, 1.807) is 4.52 Å². The summed E-state index contributed by atoms with van der Waals surface area (Å²) in [4.78, 5) is 5.37. The van der Waals surface area contributed by atoms with Gasteiger partial charge in [-0.1, -0.05) is 49.4 Å². The normalized spacial score (nSPS) is 12.9. The third-order valence-corrected chi connectivity index (χ3v) is 4.20. The quantitative estimate of drug-likeness (QED) is 0.793. The lowest BCUT2D eigenvalue weighted by Crippen LogP contribution is -1.90. The fourth-order valence-electron chi connectivity index (χ4n) is 2.07. The van der Waals surface area contributed by atoms with E-state index in [0.717, 1.165) is 22.6 Å². The topological polar surface area (TPSA) is 56.2 Å². The highest BCUT2D eigenvalue weighted by atomic mass is 32.1. The Morgan fingerprint density at radius 3 is 2.68 bits per heavy atom. The second-order valence-electron chi connectivity index (χ2n) is 4.72. The lowest BCUT2D eigenvalue weighted by atomic mass is 9.97. The number of imidazole rings is 1. The summed E-state index contributed by atoms with van der Waals surface area (Å²) in [5, 5.41) is 4.71. The molecule has 0 saturated carbocycles. The maximum atomic E-state index is 5.64. The van der Waals surface area contributed by atoms with Gasteiger partial charge in [0.25, 0.3) is 0 Å². The Kier molecular flexibility index (Phi) is 2.98. The minimum Gasteiger partial charge on any atom is -0.374 e. The average Bonchev–Trinajstić information content (AvgIpc) is 2.95.